The predicted octanol–water partition coefficient (Wildman–Crippen LogP) is 3.96. The Morgan fingerprint density at radius 3 is 3.06 bits per heavy atom. The van der Waals surface area contributed by atoms with Crippen molar-refractivity contribution in [3.05, 3.63) is 42.0 Å². The number of amides is 1. The van der Waals surface area contributed by atoms with Gasteiger partial charge in [0, 0.05) is 19.6 Å². The molecule has 1 saturated heterocycles. The van der Waals surface area contributed by atoms with Gasteiger partial charge in [-0.1, -0.05) is 17.4 Å². The number of hydrogen-bond donors (Lipinski definition) is 1. The number of rotatable bonds is 6. The highest BCUT2D eigenvalue weighted by Crippen LogP contribution is 2.34. The highest BCUT2D eigenvalue weighted by atomic mass is 32.1. The van der Waals surface area contributed by atoms with E-state index < -0.39 is 0 Å². The summed E-state index contributed by atoms with van der Waals surface area (Å²) in [6, 6.07) is 11.8. The number of thiazole rings is 1. The minimum absolute atomic E-state index is 0.0474. The molecule has 162 valence electrons. The van der Waals surface area contributed by atoms with Crippen LogP contribution < -0.4 is 24.4 Å². The van der Waals surface area contributed by atoms with Crippen LogP contribution in [0.15, 0.2) is 36.4 Å². The van der Waals surface area contributed by atoms with Crippen molar-refractivity contribution in [2.75, 3.05) is 31.4 Å². The fraction of sp³-hybridized carbons (Fsp3) is 0.391. The van der Waals surface area contributed by atoms with Crippen LogP contribution in [0.25, 0.3) is 10.2 Å². The number of nitrogens with one attached hydrogen (secondary N) is 1. The first kappa shape index (κ1) is 19.9. The molecule has 0 bridgehead atoms. The normalized spacial score (nSPS) is 17.7. The Morgan fingerprint density at radius 2 is 2.16 bits per heavy atom. The number of hydrogen-bond acceptors (Lipinski definition) is 7. The van der Waals surface area contributed by atoms with Gasteiger partial charge in [-0.2, -0.15) is 0 Å². The summed E-state index contributed by atoms with van der Waals surface area (Å²) < 4.78 is 17.5. The lowest BCUT2D eigenvalue weighted by Gasteiger charge is -2.31. The number of ether oxygens (including phenoxy) is 3. The monoisotopic (exact) mass is 439 g/mol. The Balaban J connectivity index is 1.22. The van der Waals surface area contributed by atoms with E-state index in [9.17, 15) is 4.79 Å². The lowest BCUT2D eigenvalue weighted by molar-refractivity contribution is -0.125. The molecule has 5 rings (SSSR count). The highest BCUT2D eigenvalue weighted by Gasteiger charge is 2.27. The molecule has 0 spiro atoms. The molecule has 2 aliphatic heterocycles. The summed E-state index contributed by atoms with van der Waals surface area (Å²) in [5.41, 5.74) is 1.97. The van der Waals surface area contributed by atoms with Crippen molar-refractivity contribution in [1.82, 2.24) is 10.3 Å². The molecule has 1 amide bonds. The second-order valence-electron chi connectivity index (χ2n) is 7.75. The zero-order valence-corrected chi connectivity index (χ0v) is 18.2. The van der Waals surface area contributed by atoms with E-state index in [1.807, 2.05) is 43.3 Å². The van der Waals surface area contributed by atoms with E-state index in [2.05, 4.69) is 10.2 Å². The first-order valence-electron chi connectivity index (χ1n) is 10.6. The van der Waals surface area contributed by atoms with Crippen LogP contribution in [0.1, 0.15) is 25.3 Å². The molecule has 0 aliphatic carbocycles. The van der Waals surface area contributed by atoms with Crippen molar-refractivity contribution in [3.8, 4) is 17.2 Å². The number of aromatic nitrogens is 1. The SMILES string of the molecule is CCOc1ccc2nc(N3CCC[C@@H](C(=O)NCc4ccc5c(c4)OCO5)C3)sc2c1. The van der Waals surface area contributed by atoms with Crippen LogP contribution in [-0.4, -0.2) is 37.4 Å². The van der Waals surface area contributed by atoms with Crippen LogP contribution in [-0.2, 0) is 11.3 Å². The molecule has 2 aliphatic rings. The molecule has 7 nitrogen and oxygen atoms in total. The van der Waals surface area contributed by atoms with Crippen LogP contribution in [0.3, 0.4) is 0 Å². The Morgan fingerprint density at radius 1 is 1.26 bits per heavy atom. The van der Waals surface area contributed by atoms with E-state index in [0.29, 0.717) is 19.7 Å². The first-order chi connectivity index (χ1) is 15.2. The van der Waals surface area contributed by atoms with Gasteiger partial charge in [0.2, 0.25) is 12.7 Å². The smallest absolute Gasteiger partial charge is 0.231 e. The van der Waals surface area contributed by atoms with Gasteiger partial charge in [0.1, 0.15) is 5.75 Å². The Kier molecular flexibility index (Phi) is 5.55. The number of nitrogens with zero attached hydrogens (tertiary/aromatic N) is 2. The van der Waals surface area contributed by atoms with Crippen LogP contribution in [0.5, 0.6) is 17.2 Å². The molecule has 1 aromatic heterocycles. The van der Waals surface area contributed by atoms with Crippen molar-refractivity contribution in [1.29, 1.82) is 0 Å². The fourth-order valence-corrected chi connectivity index (χ4v) is 5.06. The van der Waals surface area contributed by atoms with Crippen molar-refractivity contribution in [2.45, 2.75) is 26.3 Å². The number of piperidine rings is 1. The maximum Gasteiger partial charge on any atom is 0.231 e. The largest absolute Gasteiger partial charge is 0.494 e. The van der Waals surface area contributed by atoms with E-state index in [0.717, 1.165) is 57.5 Å². The van der Waals surface area contributed by atoms with Crippen molar-refractivity contribution >= 4 is 32.6 Å². The van der Waals surface area contributed by atoms with Gasteiger partial charge in [-0.05, 0) is 55.7 Å². The fourth-order valence-electron chi connectivity index (χ4n) is 4.03. The maximum absolute atomic E-state index is 12.8. The molecule has 8 heteroatoms. The average molecular weight is 440 g/mol. The third-order valence-corrected chi connectivity index (χ3v) is 6.71. The molecule has 1 atom stereocenters. The summed E-state index contributed by atoms with van der Waals surface area (Å²) in [5, 5.41) is 4.05. The van der Waals surface area contributed by atoms with E-state index >= 15 is 0 Å². The van der Waals surface area contributed by atoms with Crippen LogP contribution >= 0.6 is 11.3 Å². The van der Waals surface area contributed by atoms with Gasteiger partial charge in [-0.3, -0.25) is 4.79 Å². The average Bonchev–Trinajstić information content (AvgIpc) is 3.44. The van der Waals surface area contributed by atoms with Gasteiger partial charge in [0.05, 0.1) is 22.7 Å². The molecular formula is C23H25N3O4S. The third kappa shape index (κ3) is 4.25. The highest BCUT2D eigenvalue weighted by molar-refractivity contribution is 7.22. The van der Waals surface area contributed by atoms with Gasteiger partial charge in [0.25, 0.3) is 0 Å². The van der Waals surface area contributed by atoms with Gasteiger partial charge in [-0.15, -0.1) is 0 Å². The molecule has 1 fully saturated rings. The Hall–Kier alpha value is -3.00. The third-order valence-electron chi connectivity index (χ3n) is 5.63. The summed E-state index contributed by atoms with van der Waals surface area (Å²) >= 11 is 1.66. The van der Waals surface area contributed by atoms with Gasteiger partial charge >= 0.3 is 0 Å². The van der Waals surface area contributed by atoms with E-state index in [4.69, 9.17) is 19.2 Å². The number of benzene rings is 2. The second-order valence-corrected chi connectivity index (χ2v) is 8.76. The van der Waals surface area contributed by atoms with Gasteiger partial charge < -0.3 is 24.4 Å². The maximum atomic E-state index is 12.8. The minimum atomic E-state index is -0.0474. The molecule has 0 saturated carbocycles. The lowest BCUT2D eigenvalue weighted by Crippen LogP contribution is -2.42. The Bertz CT molecular complexity index is 1100. The molecule has 1 N–H and O–H groups in total. The van der Waals surface area contributed by atoms with Crippen molar-refractivity contribution in [3.63, 3.8) is 0 Å². The summed E-state index contributed by atoms with van der Waals surface area (Å²) in [5.74, 6) is 2.39. The lowest BCUT2D eigenvalue weighted by atomic mass is 9.97. The van der Waals surface area contributed by atoms with E-state index in [-0.39, 0.29) is 18.6 Å². The number of fused-ring (bicyclic) bond motifs is 2. The molecule has 31 heavy (non-hydrogen) atoms. The number of carbonyl (C=O) groups is 1. The summed E-state index contributed by atoms with van der Waals surface area (Å²) in [6.45, 7) is 4.96. The molecule has 3 heterocycles. The molecule has 2 aromatic carbocycles. The zero-order valence-electron chi connectivity index (χ0n) is 17.4. The predicted molar refractivity (Wildman–Crippen MR) is 120 cm³/mol. The van der Waals surface area contributed by atoms with Crippen molar-refractivity contribution < 1.29 is 19.0 Å². The van der Waals surface area contributed by atoms with Crippen LogP contribution in [0.2, 0.25) is 0 Å². The van der Waals surface area contributed by atoms with Crippen LogP contribution in [0.4, 0.5) is 5.13 Å². The van der Waals surface area contributed by atoms with Crippen LogP contribution in [0, 0.1) is 5.92 Å². The summed E-state index contributed by atoms with van der Waals surface area (Å²) in [6.07, 6.45) is 1.87. The minimum Gasteiger partial charge on any atom is -0.494 e. The van der Waals surface area contributed by atoms with Gasteiger partial charge in [-0.25, -0.2) is 4.98 Å². The number of anilines is 1. The first-order valence-corrected chi connectivity index (χ1v) is 11.5. The topological polar surface area (TPSA) is 72.9 Å². The molecular weight excluding hydrogens is 414 g/mol. The van der Waals surface area contributed by atoms with Gasteiger partial charge in [0.15, 0.2) is 16.6 Å². The summed E-state index contributed by atoms with van der Waals surface area (Å²) in [4.78, 5) is 19.9. The molecule has 3 aromatic rings. The number of carbonyl (C=O) groups excluding carboxylic acids is 1. The van der Waals surface area contributed by atoms with E-state index in [1.54, 1.807) is 11.3 Å². The second kappa shape index (κ2) is 8.63. The zero-order chi connectivity index (χ0) is 21.2. The Labute approximate surface area is 184 Å². The quantitative estimate of drug-likeness (QED) is 0.627. The standard InChI is InChI=1S/C23H25N3O4S/c1-2-28-17-6-7-18-21(11-17)31-23(25-18)26-9-3-4-16(13-26)22(27)24-12-15-5-8-19-20(10-15)30-14-29-19/h5-8,10-11,16H,2-4,9,12-14H2,1H3,(H,24,27)/t16-/m1/s1. The summed E-state index contributed by atoms with van der Waals surface area (Å²) in [7, 11) is 0. The van der Waals surface area contributed by atoms with E-state index in [1.165, 1.54) is 0 Å². The molecule has 0 unspecified atom stereocenters. The molecule has 0 radical (unpaired) electrons. The van der Waals surface area contributed by atoms with Crippen molar-refractivity contribution in [2.24, 2.45) is 5.92 Å².